The summed E-state index contributed by atoms with van der Waals surface area (Å²) in [4.78, 5) is 31.1. The summed E-state index contributed by atoms with van der Waals surface area (Å²) in [6.07, 6.45) is 5.49. The summed E-state index contributed by atoms with van der Waals surface area (Å²) in [5, 5.41) is 10.0. The number of anilines is 1. The van der Waals surface area contributed by atoms with Crippen molar-refractivity contribution in [2.45, 2.75) is 38.5 Å². The number of nitrogens with zero attached hydrogens (tertiary/aromatic N) is 3. The molecular formula is C21H29N3O3. The van der Waals surface area contributed by atoms with Gasteiger partial charge < -0.3 is 10.0 Å². The Morgan fingerprint density at radius 1 is 0.889 bits per heavy atom. The van der Waals surface area contributed by atoms with Crippen LogP contribution in [0.25, 0.3) is 0 Å². The Balaban J connectivity index is 1.27. The molecule has 6 heteroatoms. The van der Waals surface area contributed by atoms with Gasteiger partial charge in [-0.05, 0) is 30.4 Å². The molecular weight excluding hydrogens is 342 g/mol. The fourth-order valence-corrected chi connectivity index (χ4v) is 4.95. The van der Waals surface area contributed by atoms with Gasteiger partial charge in [0.05, 0.1) is 5.69 Å². The van der Waals surface area contributed by atoms with Crippen molar-refractivity contribution in [3.63, 3.8) is 0 Å². The van der Waals surface area contributed by atoms with Crippen molar-refractivity contribution in [2.75, 3.05) is 44.2 Å². The minimum absolute atomic E-state index is 0.0199. The first-order valence-electron chi connectivity index (χ1n) is 10.1. The van der Waals surface area contributed by atoms with Gasteiger partial charge in [-0.2, -0.15) is 0 Å². The van der Waals surface area contributed by atoms with Gasteiger partial charge in [0.2, 0.25) is 11.8 Å². The number of benzene rings is 1. The number of rotatable bonds is 4. The van der Waals surface area contributed by atoms with Crippen molar-refractivity contribution in [1.29, 1.82) is 0 Å². The number of hydrogen-bond donors (Lipinski definition) is 1. The fraction of sp³-hybridized carbons (Fsp3) is 0.619. The lowest BCUT2D eigenvalue weighted by Crippen LogP contribution is -2.52. The second-order valence-electron chi connectivity index (χ2n) is 8.32. The first kappa shape index (κ1) is 18.3. The molecule has 0 aromatic heterocycles. The van der Waals surface area contributed by atoms with E-state index in [0.29, 0.717) is 25.1 Å². The molecule has 3 aliphatic rings. The molecule has 1 saturated carbocycles. The van der Waals surface area contributed by atoms with Crippen LogP contribution < -0.4 is 4.90 Å². The highest BCUT2D eigenvalue weighted by atomic mass is 16.3. The van der Waals surface area contributed by atoms with E-state index >= 15 is 0 Å². The third kappa shape index (κ3) is 3.81. The van der Waals surface area contributed by atoms with Crippen LogP contribution in [0, 0.1) is 5.41 Å². The predicted octanol–water partition coefficient (Wildman–Crippen LogP) is 2.22. The molecule has 6 nitrogen and oxygen atoms in total. The number of likely N-dealkylation sites (tertiary alicyclic amines) is 1. The molecule has 0 bridgehead atoms. The van der Waals surface area contributed by atoms with Crippen LogP contribution in [-0.2, 0) is 9.59 Å². The van der Waals surface area contributed by atoms with E-state index in [4.69, 9.17) is 0 Å². The molecule has 0 atom stereocenters. The summed E-state index contributed by atoms with van der Waals surface area (Å²) in [6, 6.07) is 7.42. The van der Waals surface area contributed by atoms with Crippen LogP contribution in [0.4, 0.5) is 5.69 Å². The van der Waals surface area contributed by atoms with E-state index in [1.165, 1.54) is 4.90 Å². The van der Waals surface area contributed by atoms with Crippen LogP contribution >= 0.6 is 0 Å². The summed E-state index contributed by atoms with van der Waals surface area (Å²) in [5.74, 6) is 0.373. The van der Waals surface area contributed by atoms with Gasteiger partial charge in [-0.3, -0.25) is 19.4 Å². The first-order valence-corrected chi connectivity index (χ1v) is 10.1. The molecule has 2 amide bonds. The van der Waals surface area contributed by atoms with E-state index in [2.05, 4.69) is 9.80 Å². The summed E-state index contributed by atoms with van der Waals surface area (Å²) in [5.41, 5.74) is 0.856. The monoisotopic (exact) mass is 371 g/mol. The van der Waals surface area contributed by atoms with Gasteiger partial charge in [0.25, 0.3) is 0 Å². The summed E-state index contributed by atoms with van der Waals surface area (Å²) in [7, 11) is 0. The quantitative estimate of drug-likeness (QED) is 0.823. The van der Waals surface area contributed by atoms with Crippen molar-refractivity contribution < 1.29 is 14.7 Å². The number of amides is 2. The average Bonchev–Trinajstić information content (AvgIpc) is 3.09. The van der Waals surface area contributed by atoms with Crippen LogP contribution in [0.15, 0.2) is 24.3 Å². The van der Waals surface area contributed by atoms with Gasteiger partial charge in [0.1, 0.15) is 5.75 Å². The van der Waals surface area contributed by atoms with Crippen LogP contribution in [0.3, 0.4) is 0 Å². The number of imide groups is 1. The van der Waals surface area contributed by atoms with Crippen molar-refractivity contribution in [3.8, 4) is 5.75 Å². The molecule has 2 heterocycles. The van der Waals surface area contributed by atoms with Gasteiger partial charge in [0, 0.05) is 52.1 Å². The van der Waals surface area contributed by atoms with Crippen molar-refractivity contribution in [1.82, 2.24) is 9.80 Å². The number of piperidine rings is 1. The molecule has 2 saturated heterocycles. The van der Waals surface area contributed by atoms with Gasteiger partial charge in [-0.15, -0.1) is 0 Å². The molecule has 0 radical (unpaired) electrons. The Morgan fingerprint density at radius 2 is 1.52 bits per heavy atom. The summed E-state index contributed by atoms with van der Waals surface area (Å²) >= 11 is 0. The van der Waals surface area contributed by atoms with Gasteiger partial charge >= 0.3 is 0 Å². The van der Waals surface area contributed by atoms with Crippen LogP contribution in [0.2, 0.25) is 0 Å². The van der Waals surface area contributed by atoms with Crippen molar-refractivity contribution in [2.24, 2.45) is 5.41 Å². The number of para-hydroxylation sites is 2. The largest absolute Gasteiger partial charge is 0.506 e. The molecule has 0 unspecified atom stereocenters. The highest BCUT2D eigenvalue weighted by Crippen LogP contribution is 2.46. The third-order valence-electron chi connectivity index (χ3n) is 6.55. The molecule has 1 aliphatic carbocycles. The molecule has 1 N–H and O–H groups in total. The highest BCUT2D eigenvalue weighted by Gasteiger charge is 2.44. The highest BCUT2D eigenvalue weighted by molar-refractivity contribution is 5.98. The topological polar surface area (TPSA) is 64.1 Å². The Kier molecular flexibility index (Phi) is 5.08. The lowest BCUT2D eigenvalue weighted by atomic mass is 9.76. The molecule has 1 spiro atoms. The maximum absolute atomic E-state index is 12.6. The summed E-state index contributed by atoms with van der Waals surface area (Å²) < 4.78 is 0. The van der Waals surface area contributed by atoms with E-state index in [9.17, 15) is 14.7 Å². The molecule has 1 aromatic carbocycles. The lowest BCUT2D eigenvalue weighted by Gasteiger charge is -2.39. The number of aromatic hydroxyl groups is 1. The minimum Gasteiger partial charge on any atom is -0.506 e. The average molecular weight is 371 g/mol. The minimum atomic E-state index is -0.0199. The maximum atomic E-state index is 12.6. The normalized spacial score (nSPS) is 23.4. The predicted molar refractivity (Wildman–Crippen MR) is 104 cm³/mol. The fourth-order valence-electron chi connectivity index (χ4n) is 4.95. The van der Waals surface area contributed by atoms with E-state index < -0.39 is 0 Å². The van der Waals surface area contributed by atoms with Crippen LogP contribution in [0.5, 0.6) is 5.75 Å². The smallest absolute Gasteiger partial charge is 0.229 e. The third-order valence-corrected chi connectivity index (χ3v) is 6.55. The first-order chi connectivity index (χ1) is 13.1. The van der Waals surface area contributed by atoms with Gasteiger partial charge in [0.15, 0.2) is 0 Å². The van der Waals surface area contributed by atoms with Crippen LogP contribution in [0.1, 0.15) is 38.5 Å². The zero-order valence-electron chi connectivity index (χ0n) is 15.9. The Morgan fingerprint density at radius 3 is 2.15 bits per heavy atom. The zero-order valence-corrected chi connectivity index (χ0v) is 15.9. The zero-order chi connectivity index (χ0) is 18.9. The lowest BCUT2D eigenvalue weighted by molar-refractivity contribution is -0.153. The van der Waals surface area contributed by atoms with Gasteiger partial charge in [-0.25, -0.2) is 0 Å². The SMILES string of the molecule is O=C1CC2(CCCC2)CC(=O)N1CCN1CCN(c2ccccc2O)CC1. The molecule has 2 aliphatic heterocycles. The molecule has 1 aromatic rings. The Bertz CT molecular complexity index is 686. The molecule has 146 valence electrons. The number of piperazine rings is 1. The molecule has 3 fully saturated rings. The van der Waals surface area contributed by atoms with E-state index in [0.717, 1.165) is 64.1 Å². The standard InChI is InChI=1S/C21H29N3O3/c25-18-6-2-1-5-17(18)23-12-9-22(10-13-23)11-14-24-19(26)15-21(16-20(24)27)7-3-4-8-21/h1-2,5-6,25H,3-4,7-16H2. The van der Waals surface area contributed by atoms with Crippen molar-refractivity contribution >= 4 is 17.5 Å². The second kappa shape index (κ2) is 7.50. The second-order valence-corrected chi connectivity index (χ2v) is 8.32. The van der Waals surface area contributed by atoms with E-state index in [1.54, 1.807) is 6.07 Å². The maximum Gasteiger partial charge on any atom is 0.229 e. The van der Waals surface area contributed by atoms with E-state index in [1.807, 2.05) is 18.2 Å². The Labute approximate surface area is 160 Å². The van der Waals surface area contributed by atoms with E-state index in [-0.39, 0.29) is 17.2 Å². The Hall–Kier alpha value is -2.08. The molecule has 27 heavy (non-hydrogen) atoms. The van der Waals surface area contributed by atoms with Crippen molar-refractivity contribution in [3.05, 3.63) is 24.3 Å². The molecule has 4 rings (SSSR count). The number of hydrogen-bond acceptors (Lipinski definition) is 5. The van der Waals surface area contributed by atoms with Crippen LogP contribution in [-0.4, -0.2) is 66.0 Å². The number of phenols is 1. The number of carbonyl (C=O) groups is 2. The van der Waals surface area contributed by atoms with Gasteiger partial charge in [-0.1, -0.05) is 25.0 Å². The number of phenolic OH excluding ortho intramolecular Hbond substituents is 1. The summed E-state index contributed by atoms with van der Waals surface area (Å²) in [6.45, 7) is 4.65. The number of carbonyl (C=O) groups excluding carboxylic acids is 2.